The van der Waals surface area contributed by atoms with Crippen LogP contribution < -0.4 is 21.7 Å². The predicted octanol–water partition coefficient (Wildman–Crippen LogP) is 4.82. The van der Waals surface area contributed by atoms with Crippen LogP contribution in [-0.2, 0) is 6.54 Å². The van der Waals surface area contributed by atoms with Gasteiger partial charge in [0.05, 0.1) is 11.4 Å². The number of rotatable bonds is 3. The Kier molecular flexibility index (Phi) is 5.41. The second-order valence-corrected chi connectivity index (χ2v) is 8.52. The molecule has 5 nitrogen and oxygen atoms in total. The Morgan fingerprint density at radius 2 is 1.96 bits per heavy atom. The van der Waals surface area contributed by atoms with E-state index in [2.05, 4.69) is 26.8 Å². The van der Waals surface area contributed by atoms with Gasteiger partial charge in [0.15, 0.2) is 0 Å². The maximum absolute atomic E-state index is 6.66. The Bertz CT molecular complexity index is 863. The number of aliphatic imine (C=N–C) groups is 1. The van der Waals surface area contributed by atoms with E-state index in [0.717, 1.165) is 58.0 Å². The molecule has 0 radical (unpaired) electrons. The number of hydrogen-bond acceptors (Lipinski definition) is 5. The number of nitrogens with two attached hydrogens (primary N) is 1. The number of nitrogens with one attached hydrogen (secondary N) is 2. The largest absolute Gasteiger partial charge is 0.307 e. The van der Waals surface area contributed by atoms with Gasteiger partial charge in [-0.05, 0) is 48.7 Å². The molecule has 0 unspecified atom stereocenters. The molecular formula is C20H23BrClN5. The minimum atomic E-state index is -0.298. The third kappa shape index (κ3) is 3.72. The van der Waals surface area contributed by atoms with Gasteiger partial charge >= 0.3 is 0 Å². The maximum Gasteiger partial charge on any atom is 0.144 e. The van der Waals surface area contributed by atoms with E-state index < -0.39 is 0 Å². The van der Waals surface area contributed by atoms with Crippen LogP contribution in [0, 0.1) is 0 Å². The average Bonchev–Trinajstić information content (AvgIpc) is 2.67. The van der Waals surface area contributed by atoms with Gasteiger partial charge in [-0.2, -0.15) is 0 Å². The summed E-state index contributed by atoms with van der Waals surface area (Å²) >= 11 is 9.63. The Labute approximate surface area is 173 Å². The van der Waals surface area contributed by atoms with Crippen molar-refractivity contribution in [1.29, 1.82) is 0 Å². The molecule has 27 heavy (non-hydrogen) atoms. The van der Waals surface area contributed by atoms with Crippen molar-refractivity contribution in [3.8, 4) is 0 Å². The van der Waals surface area contributed by atoms with Crippen LogP contribution in [0.4, 0.5) is 11.4 Å². The zero-order chi connectivity index (χ0) is 18.9. The first-order chi connectivity index (χ1) is 13.1. The van der Waals surface area contributed by atoms with E-state index in [0.29, 0.717) is 6.54 Å². The summed E-state index contributed by atoms with van der Waals surface area (Å²) in [6.07, 6.45) is 5.50. The highest BCUT2D eigenvalue weighted by molar-refractivity contribution is 9.10. The third-order valence-corrected chi connectivity index (χ3v) is 6.13. The van der Waals surface area contributed by atoms with Crippen molar-refractivity contribution >= 4 is 44.7 Å². The Morgan fingerprint density at radius 1 is 1.15 bits per heavy atom. The number of amidine groups is 1. The van der Waals surface area contributed by atoms with Crippen molar-refractivity contribution in [2.75, 3.05) is 5.01 Å². The predicted molar refractivity (Wildman–Crippen MR) is 115 cm³/mol. The van der Waals surface area contributed by atoms with Gasteiger partial charge < -0.3 is 5.43 Å². The molecule has 0 bridgehead atoms. The van der Waals surface area contributed by atoms with Crippen molar-refractivity contribution in [2.24, 2.45) is 10.8 Å². The third-order valence-electron chi connectivity index (χ3n) is 5.40. The molecule has 1 heterocycles. The van der Waals surface area contributed by atoms with Crippen molar-refractivity contribution in [1.82, 2.24) is 10.9 Å². The molecule has 4 N–H and O–H groups in total. The topological polar surface area (TPSA) is 65.7 Å². The van der Waals surface area contributed by atoms with Gasteiger partial charge in [-0.1, -0.05) is 58.9 Å². The molecule has 2 aromatic rings. The average molecular weight is 449 g/mol. The smallest absolute Gasteiger partial charge is 0.144 e. The van der Waals surface area contributed by atoms with Crippen molar-refractivity contribution in [2.45, 2.75) is 44.2 Å². The van der Waals surface area contributed by atoms with Crippen molar-refractivity contribution < 1.29 is 0 Å². The lowest BCUT2D eigenvalue weighted by Crippen LogP contribution is -2.65. The van der Waals surface area contributed by atoms with E-state index in [1.807, 2.05) is 47.5 Å². The first-order valence-electron chi connectivity index (χ1n) is 9.25. The number of nitrogens with zero attached hydrogens (tertiary/aromatic N) is 2. The molecule has 1 spiro atoms. The fourth-order valence-corrected chi connectivity index (χ4v) is 4.55. The van der Waals surface area contributed by atoms with Crippen LogP contribution in [0.3, 0.4) is 0 Å². The van der Waals surface area contributed by atoms with Crippen LogP contribution in [0.25, 0.3) is 0 Å². The summed E-state index contributed by atoms with van der Waals surface area (Å²) in [4.78, 5) is 4.94. The van der Waals surface area contributed by atoms with E-state index in [-0.39, 0.29) is 5.54 Å². The molecule has 7 heteroatoms. The first kappa shape index (κ1) is 18.7. The van der Waals surface area contributed by atoms with Crippen LogP contribution in [0.1, 0.15) is 37.7 Å². The molecule has 142 valence electrons. The van der Waals surface area contributed by atoms with Gasteiger partial charge in [0.1, 0.15) is 11.4 Å². The molecule has 4 rings (SSSR count). The van der Waals surface area contributed by atoms with Crippen LogP contribution in [-0.4, -0.2) is 11.4 Å². The molecule has 0 aromatic heterocycles. The summed E-state index contributed by atoms with van der Waals surface area (Å²) in [6, 6.07) is 13.9. The standard InChI is InChI=1S/C20H23BrClN5/c21-15-7-8-17-18(12-15)27(23)20(9-2-1-3-10-20)19(25-17)26-24-13-14-5-4-6-16(22)11-14/h4-8,11-12,24H,1-3,9-10,13,23H2,(H,25,26). The van der Waals surface area contributed by atoms with Gasteiger partial charge in [-0.15, -0.1) is 0 Å². The van der Waals surface area contributed by atoms with Gasteiger partial charge in [0, 0.05) is 16.0 Å². The number of benzene rings is 2. The molecule has 1 fully saturated rings. The number of anilines is 1. The Hall–Kier alpha value is -1.60. The minimum Gasteiger partial charge on any atom is -0.307 e. The van der Waals surface area contributed by atoms with E-state index in [4.69, 9.17) is 22.4 Å². The molecule has 2 aromatic carbocycles. The fourth-order valence-electron chi connectivity index (χ4n) is 3.99. The maximum atomic E-state index is 6.66. The number of fused-ring (bicyclic) bond motifs is 1. The Morgan fingerprint density at radius 3 is 2.74 bits per heavy atom. The lowest BCUT2D eigenvalue weighted by Gasteiger charge is -2.48. The molecule has 0 saturated heterocycles. The normalized spacial score (nSPS) is 18.2. The quantitative estimate of drug-likeness (QED) is 0.465. The number of hydrogen-bond donors (Lipinski definition) is 3. The molecule has 0 atom stereocenters. The second kappa shape index (κ2) is 7.80. The molecule has 2 aliphatic rings. The molecule has 1 saturated carbocycles. The summed E-state index contributed by atoms with van der Waals surface area (Å²) in [5.41, 5.74) is 9.32. The monoisotopic (exact) mass is 447 g/mol. The summed E-state index contributed by atoms with van der Waals surface area (Å²) < 4.78 is 1.01. The molecule has 1 aliphatic carbocycles. The van der Waals surface area contributed by atoms with Gasteiger partial charge in [-0.3, -0.25) is 5.01 Å². The van der Waals surface area contributed by atoms with E-state index >= 15 is 0 Å². The van der Waals surface area contributed by atoms with Crippen LogP contribution >= 0.6 is 27.5 Å². The Balaban J connectivity index is 1.60. The fraction of sp³-hybridized carbons (Fsp3) is 0.350. The van der Waals surface area contributed by atoms with E-state index in [1.54, 1.807) is 0 Å². The lowest BCUT2D eigenvalue weighted by molar-refractivity contribution is 0.343. The zero-order valence-electron chi connectivity index (χ0n) is 15.0. The number of hydrazine groups is 2. The highest BCUT2D eigenvalue weighted by Crippen LogP contribution is 2.44. The zero-order valence-corrected chi connectivity index (χ0v) is 17.4. The van der Waals surface area contributed by atoms with Gasteiger partial charge in [0.25, 0.3) is 0 Å². The van der Waals surface area contributed by atoms with Crippen LogP contribution in [0.2, 0.25) is 5.02 Å². The number of halogens is 2. The SMILES string of the molecule is NN1c2cc(Br)ccc2N=C(NNCc2cccc(Cl)c2)C12CCCCC2. The summed E-state index contributed by atoms with van der Waals surface area (Å²) in [5, 5.41) is 2.66. The van der Waals surface area contributed by atoms with Gasteiger partial charge in [-0.25, -0.2) is 16.3 Å². The first-order valence-corrected chi connectivity index (χ1v) is 10.4. The summed E-state index contributed by atoms with van der Waals surface area (Å²) in [7, 11) is 0. The molecule has 0 amide bonds. The summed E-state index contributed by atoms with van der Waals surface area (Å²) in [6.45, 7) is 0.646. The van der Waals surface area contributed by atoms with Crippen LogP contribution in [0.15, 0.2) is 51.9 Å². The second-order valence-electron chi connectivity index (χ2n) is 7.16. The van der Waals surface area contributed by atoms with Crippen LogP contribution in [0.5, 0.6) is 0 Å². The van der Waals surface area contributed by atoms with E-state index in [9.17, 15) is 0 Å². The lowest BCUT2D eigenvalue weighted by atomic mass is 9.79. The highest BCUT2D eigenvalue weighted by atomic mass is 79.9. The molecular weight excluding hydrogens is 426 g/mol. The molecule has 1 aliphatic heterocycles. The van der Waals surface area contributed by atoms with Crippen molar-refractivity contribution in [3.05, 3.63) is 57.5 Å². The minimum absolute atomic E-state index is 0.298. The highest BCUT2D eigenvalue weighted by Gasteiger charge is 2.45. The van der Waals surface area contributed by atoms with Crippen molar-refractivity contribution in [3.63, 3.8) is 0 Å². The summed E-state index contributed by atoms with van der Waals surface area (Å²) in [5.74, 6) is 7.55. The van der Waals surface area contributed by atoms with Gasteiger partial charge in [0.2, 0.25) is 0 Å². The van der Waals surface area contributed by atoms with E-state index in [1.165, 1.54) is 6.42 Å².